The molecule has 0 radical (unpaired) electrons. The molecule has 0 aromatic carbocycles. The Labute approximate surface area is 88.0 Å². The molecule has 1 heterocycles. The first-order valence-corrected chi connectivity index (χ1v) is 4.34. The lowest BCUT2D eigenvalue weighted by molar-refractivity contribution is -0.138. The number of carbonyl (C=O) groups is 1. The molecule has 0 unspecified atom stereocenters. The van der Waals surface area contributed by atoms with Gasteiger partial charge in [-0.15, -0.1) is 0 Å². The molecule has 0 aliphatic rings. The van der Waals surface area contributed by atoms with Crippen molar-refractivity contribution in [3.8, 4) is 0 Å². The molecule has 0 fully saturated rings. The van der Waals surface area contributed by atoms with Gasteiger partial charge in [-0.05, 0) is 13.0 Å². The van der Waals surface area contributed by atoms with E-state index in [1.54, 1.807) is 0 Å². The van der Waals surface area contributed by atoms with E-state index in [0.29, 0.717) is 12.1 Å². The van der Waals surface area contributed by atoms with Gasteiger partial charge in [0.2, 0.25) is 5.56 Å². The third kappa shape index (κ3) is 2.62. The average molecular weight is 235 g/mol. The average Bonchev–Trinajstić information content (AvgIpc) is 2.16. The Morgan fingerprint density at radius 2 is 2.06 bits per heavy atom. The second-order valence-electron chi connectivity index (χ2n) is 2.83. The van der Waals surface area contributed by atoms with Crippen LogP contribution in [0.4, 0.5) is 13.2 Å². The number of aromatic nitrogens is 1. The van der Waals surface area contributed by atoms with Crippen LogP contribution in [0.3, 0.4) is 0 Å². The van der Waals surface area contributed by atoms with Gasteiger partial charge in [0.1, 0.15) is 5.69 Å². The number of aromatic amines is 1. The van der Waals surface area contributed by atoms with E-state index in [2.05, 4.69) is 4.74 Å². The third-order valence-electron chi connectivity index (χ3n) is 1.70. The van der Waals surface area contributed by atoms with Crippen molar-refractivity contribution in [3.63, 3.8) is 0 Å². The van der Waals surface area contributed by atoms with Gasteiger partial charge < -0.3 is 9.72 Å². The molecule has 16 heavy (non-hydrogen) atoms. The molecule has 0 saturated carbocycles. The molecule has 1 N–H and O–H groups in total. The lowest BCUT2D eigenvalue weighted by atomic mass is 10.2. The molecule has 1 aromatic rings. The third-order valence-corrected chi connectivity index (χ3v) is 1.70. The molecular formula is C9H8F3NO3. The minimum absolute atomic E-state index is 0.0763. The number of ether oxygens (including phenoxy) is 1. The van der Waals surface area contributed by atoms with E-state index < -0.39 is 29.0 Å². The van der Waals surface area contributed by atoms with Crippen LogP contribution in [-0.2, 0) is 10.9 Å². The number of esters is 1. The molecule has 0 amide bonds. The van der Waals surface area contributed by atoms with Crippen LogP contribution < -0.4 is 5.56 Å². The number of halogens is 3. The van der Waals surface area contributed by atoms with Crippen LogP contribution in [0.1, 0.15) is 23.0 Å². The van der Waals surface area contributed by atoms with E-state index in [0.717, 1.165) is 0 Å². The molecule has 1 rings (SSSR count). The van der Waals surface area contributed by atoms with Gasteiger partial charge in [0, 0.05) is 6.07 Å². The topological polar surface area (TPSA) is 59.2 Å². The molecular weight excluding hydrogens is 227 g/mol. The zero-order valence-corrected chi connectivity index (χ0v) is 8.22. The van der Waals surface area contributed by atoms with Gasteiger partial charge in [-0.25, -0.2) is 4.79 Å². The van der Waals surface area contributed by atoms with Gasteiger partial charge in [0.05, 0.1) is 12.2 Å². The molecule has 4 nitrogen and oxygen atoms in total. The van der Waals surface area contributed by atoms with Gasteiger partial charge in [-0.3, -0.25) is 4.79 Å². The fraction of sp³-hybridized carbons (Fsp3) is 0.333. The molecule has 88 valence electrons. The Balaban J connectivity index is 3.29. The Hall–Kier alpha value is -1.79. The first-order chi connectivity index (χ1) is 7.36. The number of carbonyl (C=O) groups excluding carboxylic acids is 1. The predicted octanol–water partition coefficient (Wildman–Crippen LogP) is 1.57. The summed E-state index contributed by atoms with van der Waals surface area (Å²) >= 11 is 0. The van der Waals surface area contributed by atoms with E-state index in [4.69, 9.17) is 0 Å². The summed E-state index contributed by atoms with van der Waals surface area (Å²) in [4.78, 5) is 23.8. The Morgan fingerprint density at radius 3 is 2.56 bits per heavy atom. The molecule has 0 bridgehead atoms. The highest BCUT2D eigenvalue weighted by Crippen LogP contribution is 2.30. The van der Waals surface area contributed by atoms with Gasteiger partial charge in [0.25, 0.3) is 0 Å². The number of pyridine rings is 1. The molecule has 0 spiro atoms. The van der Waals surface area contributed by atoms with E-state index >= 15 is 0 Å². The molecule has 1 aromatic heterocycles. The first kappa shape index (κ1) is 12.3. The summed E-state index contributed by atoms with van der Waals surface area (Å²) in [5, 5.41) is 0. The van der Waals surface area contributed by atoms with E-state index in [9.17, 15) is 22.8 Å². The Bertz CT molecular complexity index is 450. The summed E-state index contributed by atoms with van der Waals surface area (Å²) in [6, 6.07) is 1.25. The minimum atomic E-state index is -4.72. The fourth-order valence-electron chi connectivity index (χ4n) is 1.08. The molecule has 0 aliphatic carbocycles. The highest BCUT2D eigenvalue weighted by Gasteiger charge is 2.36. The lowest BCUT2D eigenvalue weighted by Crippen LogP contribution is -2.21. The SMILES string of the molecule is CCOC(=O)c1[nH]c(=O)ccc1C(F)(F)F. The van der Waals surface area contributed by atoms with Crippen molar-refractivity contribution in [2.75, 3.05) is 6.61 Å². The van der Waals surface area contributed by atoms with Crippen LogP contribution in [0.5, 0.6) is 0 Å². The molecule has 0 atom stereocenters. The molecule has 0 aliphatic heterocycles. The summed E-state index contributed by atoms with van der Waals surface area (Å²) in [5.41, 5.74) is -2.89. The maximum Gasteiger partial charge on any atom is 0.418 e. The number of hydrogen-bond donors (Lipinski definition) is 1. The number of nitrogens with one attached hydrogen (secondary N) is 1. The summed E-state index contributed by atoms with van der Waals surface area (Å²) in [7, 11) is 0. The van der Waals surface area contributed by atoms with Gasteiger partial charge >= 0.3 is 12.1 Å². The second-order valence-corrected chi connectivity index (χ2v) is 2.83. The standard InChI is InChI=1S/C9H8F3NO3/c1-2-16-8(15)7-5(9(10,11)12)3-4-6(14)13-7/h3-4H,2H2,1H3,(H,13,14). The summed E-state index contributed by atoms with van der Waals surface area (Å²) in [6.45, 7) is 1.37. The maximum absolute atomic E-state index is 12.5. The molecule has 7 heteroatoms. The van der Waals surface area contributed by atoms with Crippen LogP contribution in [0.25, 0.3) is 0 Å². The highest BCUT2D eigenvalue weighted by atomic mass is 19.4. The minimum Gasteiger partial charge on any atom is -0.461 e. The van der Waals surface area contributed by atoms with Crippen LogP contribution in [0.15, 0.2) is 16.9 Å². The van der Waals surface area contributed by atoms with Crippen molar-refractivity contribution < 1.29 is 22.7 Å². The van der Waals surface area contributed by atoms with Crippen molar-refractivity contribution in [2.24, 2.45) is 0 Å². The summed E-state index contributed by atoms with van der Waals surface area (Å²) < 4.78 is 41.8. The zero-order chi connectivity index (χ0) is 12.3. The number of alkyl halides is 3. The van der Waals surface area contributed by atoms with Gasteiger partial charge in [0.15, 0.2) is 0 Å². The molecule has 0 saturated heterocycles. The first-order valence-electron chi connectivity index (χ1n) is 4.34. The lowest BCUT2D eigenvalue weighted by Gasteiger charge is -2.10. The Morgan fingerprint density at radius 1 is 1.44 bits per heavy atom. The van der Waals surface area contributed by atoms with E-state index in [1.807, 2.05) is 4.98 Å². The number of hydrogen-bond acceptors (Lipinski definition) is 3. The highest BCUT2D eigenvalue weighted by molar-refractivity contribution is 5.89. The van der Waals surface area contributed by atoms with Crippen molar-refractivity contribution >= 4 is 5.97 Å². The Kier molecular flexibility index (Phi) is 3.36. The van der Waals surface area contributed by atoms with Crippen LogP contribution in [0, 0.1) is 0 Å². The van der Waals surface area contributed by atoms with Crippen LogP contribution in [0.2, 0.25) is 0 Å². The summed E-state index contributed by atoms with van der Waals surface area (Å²) in [6.07, 6.45) is -4.72. The maximum atomic E-state index is 12.5. The monoisotopic (exact) mass is 235 g/mol. The number of H-pyrrole nitrogens is 1. The van der Waals surface area contributed by atoms with Crippen molar-refractivity contribution in [1.29, 1.82) is 0 Å². The van der Waals surface area contributed by atoms with Gasteiger partial charge in [-0.2, -0.15) is 13.2 Å². The quantitative estimate of drug-likeness (QED) is 0.791. The van der Waals surface area contributed by atoms with E-state index in [-0.39, 0.29) is 6.61 Å². The largest absolute Gasteiger partial charge is 0.461 e. The summed E-state index contributed by atoms with van der Waals surface area (Å²) in [5.74, 6) is -1.20. The number of rotatable bonds is 2. The smallest absolute Gasteiger partial charge is 0.418 e. The van der Waals surface area contributed by atoms with Crippen molar-refractivity contribution in [3.05, 3.63) is 33.7 Å². The van der Waals surface area contributed by atoms with E-state index in [1.165, 1.54) is 6.92 Å². The fourth-order valence-corrected chi connectivity index (χ4v) is 1.08. The van der Waals surface area contributed by atoms with Gasteiger partial charge in [-0.1, -0.05) is 0 Å². The van der Waals surface area contributed by atoms with Crippen LogP contribution in [-0.4, -0.2) is 17.6 Å². The zero-order valence-electron chi connectivity index (χ0n) is 8.22. The van der Waals surface area contributed by atoms with Crippen LogP contribution >= 0.6 is 0 Å². The predicted molar refractivity (Wildman–Crippen MR) is 48.0 cm³/mol. The van der Waals surface area contributed by atoms with Crippen molar-refractivity contribution in [2.45, 2.75) is 13.1 Å². The normalized spacial score (nSPS) is 11.2. The van der Waals surface area contributed by atoms with Crippen molar-refractivity contribution in [1.82, 2.24) is 4.98 Å². The second kappa shape index (κ2) is 4.38.